The molecule has 96 valence electrons. The number of aromatic nitrogens is 1. The monoisotopic (exact) mass is 243 g/mol. The van der Waals surface area contributed by atoms with E-state index >= 15 is 0 Å². The van der Waals surface area contributed by atoms with Gasteiger partial charge in [-0.2, -0.15) is 0 Å². The molecule has 1 heterocycles. The van der Waals surface area contributed by atoms with Crippen LogP contribution < -0.4 is 10.6 Å². The third-order valence-corrected chi connectivity index (χ3v) is 3.10. The highest BCUT2D eigenvalue weighted by molar-refractivity contribution is 5.93. The predicted molar refractivity (Wildman–Crippen MR) is 78.3 cm³/mol. The van der Waals surface area contributed by atoms with Gasteiger partial charge in [-0.15, -0.1) is 0 Å². The highest BCUT2D eigenvalue weighted by Gasteiger charge is 2.04. The van der Waals surface area contributed by atoms with Crippen molar-refractivity contribution >= 4 is 16.6 Å². The van der Waals surface area contributed by atoms with Gasteiger partial charge in [0.1, 0.15) is 0 Å². The Hall–Kier alpha value is -1.61. The first-order chi connectivity index (χ1) is 8.72. The molecule has 3 nitrogen and oxygen atoms in total. The van der Waals surface area contributed by atoms with Crippen molar-refractivity contribution in [1.29, 1.82) is 0 Å². The minimum Gasteiger partial charge on any atom is -0.384 e. The van der Waals surface area contributed by atoms with E-state index in [4.69, 9.17) is 0 Å². The molecule has 3 heteroatoms. The summed E-state index contributed by atoms with van der Waals surface area (Å²) in [6.07, 6.45) is 3.00. The number of rotatable bonds is 5. The quantitative estimate of drug-likeness (QED) is 0.793. The van der Waals surface area contributed by atoms with Crippen LogP contribution in [0.3, 0.4) is 0 Å². The van der Waals surface area contributed by atoms with Crippen LogP contribution in [-0.4, -0.2) is 25.1 Å². The van der Waals surface area contributed by atoms with Crippen LogP contribution in [0.1, 0.15) is 17.5 Å². The molecule has 0 bridgehead atoms. The van der Waals surface area contributed by atoms with E-state index < -0.39 is 0 Å². The van der Waals surface area contributed by atoms with E-state index in [9.17, 15) is 0 Å². The fraction of sp³-hybridized carbons (Fsp3) is 0.400. The second-order valence-electron chi connectivity index (χ2n) is 4.72. The van der Waals surface area contributed by atoms with Gasteiger partial charge in [-0.3, -0.25) is 4.98 Å². The molecule has 1 aromatic heterocycles. The van der Waals surface area contributed by atoms with Gasteiger partial charge in [0.05, 0.1) is 5.52 Å². The van der Waals surface area contributed by atoms with E-state index in [0.717, 1.165) is 25.0 Å². The summed E-state index contributed by atoms with van der Waals surface area (Å²) in [4.78, 5) is 4.47. The number of hydrogen-bond acceptors (Lipinski definition) is 3. The zero-order valence-electron chi connectivity index (χ0n) is 11.4. The molecule has 0 aliphatic rings. The molecular formula is C15H21N3. The van der Waals surface area contributed by atoms with Crippen molar-refractivity contribution in [2.24, 2.45) is 0 Å². The van der Waals surface area contributed by atoms with E-state index in [0.29, 0.717) is 0 Å². The normalized spacial score (nSPS) is 10.8. The molecule has 0 fully saturated rings. The number of hydrogen-bond donors (Lipinski definition) is 2. The summed E-state index contributed by atoms with van der Waals surface area (Å²) in [5, 5.41) is 7.88. The van der Waals surface area contributed by atoms with Crippen molar-refractivity contribution in [3.05, 3.63) is 35.5 Å². The fourth-order valence-corrected chi connectivity index (χ4v) is 2.26. The van der Waals surface area contributed by atoms with Crippen LogP contribution >= 0.6 is 0 Å². The van der Waals surface area contributed by atoms with E-state index in [-0.39, 0.29) is 0 Å². The van der Waals surface area contributed by atoms with Crippen molar-refractivity contribution in [1.82, 2.24) is 10.3 Å². The van der Waals surface area contributed by atoms with Gasteiger partial charge in [-0.05, 0) is 51.6 Å². The summed E-state index contributed by atoms with van der Waals surface area (Å²) in [7, 11) is 1.98. The molecule has 0 atom stereocenters. The summed E-state index contributed by atoms with van der Waals surface area (Å²) in [5.74, 6) is 0. The zero-order valence-corrected chi connectivity index (χ0v) is 11.4. The molecule has 0 aliphatic heterocycles. The molecule has 2 aromatic rings. The third-order valence-electron chi connectivity index (χ3n) is 3.10. The standard InChI is InChI=1S/C15H21N3/c1-11-9-12(2)15-13(10-11)14(5-8-18-15)17-7-4-6-16-3/h5,8-10,16H,4,6-7H2,1-3H3,(H,17,18). The number of anilines is 1. The van der Waals surface area contributed by atoms with E-state index in [1.54, 1.807) is 0 Å². The van der Waals surface area contributed by atoms with Gasteiger partial charge in [0.25, 0.3) is 0 Å². The maximum atomic E-state index is 4.47. The molecule has 1 aromatic carbocycles. The van der Waals surface area contributed by atoms with E-state index in [1.165, 1.54) is 22.2 Å². The number of aryl methyl sites for hydroxylation is 2. The second kappa shape index (κ2) is 5.83. The fourth-order valence-electron chi connectivity index (χ4n) is 2.26. The topological polar surface area (TPSA) is 37.0 Å². The average Bonchev–Trinajstić information content (AvgIpc) is 2.35. The Kier molecular flexibility index (Phi) is 4.15. The summed E-state index contributed by atoms with van der Waals surface area (Å²) in [5.41, 5.74) is 4.80. The molecule has 0 amide bonds. The highest BCUT2D eigenvalue weighted by Crippen LogP contribution is 2.25. The van der Waals surface area contributed by atoms with E-state index in [2.05, 4.69) is 47.7 Å². The number of nitrogens with one attached hydrogen (secondary N) is 2. The number of benzene rings is 1. The number of fused-ring (bicyclic) bond motifs is 1. The molecular weight excluding hydrogens is 222 g/mol. The lowest BCUT2D eigenvalue weighted by Crippen LogP contribution is -2.13. The minimum absolute atomic E-state index is 0.979. The lowest BCUT2D eigenvalue weighted by molar-refractivity contribution is 0.748. The number of pyridine rings is 1. The molecule has 0 aliphatic carbocycles. The molecule has 0 saturated carbocycles. The third kappa shape index (κ3) is 2.79. The Bertz CT molecular complexity index is 534. The lowest BCUT2D eigenvalue weighted by atomic mass is 10.1. The van der Waals surface area contributed by atoms with Crippen molar-refractivity contribution < 1.29 is 0 Å². The smallest absolute Gasteiger partial charge is 0.0752 e. The first-order valence-electron chi connectivity index (χ1n) is 6.47. The molecule has 0 spiro atoms. The van der Waals surface area contributed by atoms with Gasteiger partial charge in [0, 0.05) is 23.8 Å². The second-order valence-corrected chi connectivity index (χ2v) is 4.72. The van der Waals surface area contributed by atoms with Crippen LogP contribution in [0.5, 0.6) is 0 Å². The van der Waals surface area contributed by atoms with Gasteiger partial charge >= 0.3 is 0 Å². The van der Waals surface area contributed by atoms with Crippen LogP contribution in [-0.2, 0) is 0 Å². The Labute approximate surface area is 109 Å². The minimum atomic E-state index is 0.979. The van der Waals surface area contributed by atoms with Gasteiger partial charge in [-0.25, -0.2) is 0 Å². The highest BCUT2D eigenvalue weighted by atomic mass is 14.9. The van der Waals surface area contributed by atoms with Gasteiger partial charge < -0.3 is 10.6 Å². The summed E-state index contributed by atoms with van der Waals surface area (Å²) < 4.78 is 0. The SMILES string of the molecule is CNCCCNc1ccnc2c(C)cc(C)cc12. The number of nitrogens with zero attached hydrogens (tertiary/aromatic N) is 1. The van der Waals surface area contributed by atoms with Gasteiger partial charge in [-0.1, -0.05) is 11.6 Å². The molecule has 0 saturated heterocycles. The summed E-state index contributed by atoms with van der Waals surface area (Å²) >= 11 is 0. The van der Waals surface area contributed by atoms with Crippen LogP contribution in [0.2, 0.25) is 0 Å². The molecule has 0 unspecified atom stereocenters. The molecule has 2 N–H and O–H groups in total. The zero-order chi connectivity index (χ0) is 13.0. The average molecular weight is 243 g/mol. The van der Waals surface area contributed by atoms with Gasteiger partial charge in [0.2, 0.25) is 0 Å². The van der Waals surface area contributed by atoms with Crippen LogP contribution in [0.15, 0.2) is 24.4 Å². The van der Waals surface area contributed by atoms with Crippen molar-refractivity contribution in [2.45, 2.75) is 20.3 Å². The molecule has 18 heavy (non-hydrogen) atoms. The Balaban J connectivity index is 2.27. The van der Waals surface area contributed by atoms with Crippen LogP contribution in [0.4, 0.5) is 5.69 Å². The summed E-state index contributed by atoms with van der Waals surface area (Å²) in [6, 6.07) is 6.44. The molecule has 0 radical (unpaired) electrons. The predicted octanol–water partition coefficient (Wildman–Crippen LogP) is 2.87. The Morgan fingerprint density at radius 1 is 1.17 bits per heavy atom. The van der Waals surface area contributed by atoms with Crippen LogP contribution in [0.25, 0.3) is 10.9 Å². The van der Waals surface area contributed by atoms with Gasteiger partial charge in [0.15, 0.2) is 0 Å². The maximum Gasteiger partial charge on any atom is 0.0752 e. The first kappa shape index (κ1) is 12.8. The Morgan fingerprint density at radius 3 is 2.78 bits per heavy atom. The molecule has 2 rings (SSSR count). The van der Waals surface area contributed by atoms with Crippen molar-refractivity contribution in [3.63, 3.8) is 0 Å². The lowest BCUT2D eigenvalue weighted by Gasteiger charge is -2.11. The first-order valence-corrected chi connectivity index (χ1v) is 6.47. The maximum absolute atomic E-state index is 4.47. The summed E-state index contributed by atoms with van der Waals surface area (Å²) in [6.45, 7) is 6.26. The largest absolute Gasteiger partial charge is 0.384 e. The van der Waals surface area contributed by atoms with Crippen LogP contribution in [0, 0.1) is 13.8 Å². The van der Waals surface area contributed by atoms with E-state index in [1.807, 2.05) is 13.2 Å². The van der Waals surface area contributed by atoms with Crippen molar-refractivity contribution in [2.75, 3.05) is 25.5 Å². The van der Waals surface area contributed by atoms with Crippen molar-refractivity contribution in [3.8, 4) is 0 Å². The Morgan fingerprint density at radius 2 is 2.00 bits per heavy atom.